The zero-order valence-electron chi connectivity index (χ0n) is 14.6. The van der Waals surface area contributed by atoms with E-state index in [1.165, 1.54) is 0 Å². The summed E-state index contributed by atoms with van der Waals surface area (Å²) in [5, 5.41) is 3.19. The maximum absolute atomic E-state index is 5.85. The van der Waals surface area contributed by atoms with Gasteiger partial charge in [-0.15, -0.1) is 0 Å². The molecule has 0 saturated heterocycles. The lowest BCUT2D eigenvalue weighted by Gasteiger charge is -2.23. The molecule has 0 radical (unpaired) electrons. The molecule has 1 rings (SSSR count). The van der Waals surface area contributed by atoms with Crippen molar-refractivity contribution in [1.29, 1.82) is 0 Å². The van der Waals surface area contributed by atoms with E-state index in [0.29, 0.717) is 31.5 Å². The maximum atomic E-state index is 5.85. The SMILES string of the molecule is NCCCCNc1nc(N)nc(N(CCCCN)CCCCN)n1. The van der Waals surface area contributed by atoms with E-state index in [0.717, 1.165) is 58.2 Å². The fraction of sp³-hybridized carbons (Fsp3) is 0.800. The summed E-state index contributed by atoms with van der Waals surface area (Å²) in [6.07, 6.45) is 5.85. The number of nitrogens with one attached hydrogen (secondary N) is 1. The Morgan fingerprint density at radius 1 is 0.750 bits per heavy atom. The van der Waals surface area contributed by atoms with E-state index in [9.17, 15) is 0 Å². The van der Waals surface area contributed by atoms with E-state index in [4.69, 9.17) is 22.9 Å². The molecule has 0 unspecified atom stereocenters. The second-order valence-electron chi connectivity index (χ2n) is 5.72. The molecule has 9 nitrogen and oxygen atoms in total. The van der Waals surface area contributed by atoms with Crippen molar-refractivity contribution in [2.45, 2.75) is 38.5 Å². The number of unbranched alkanes of at least 4 members (excludes halogenated alkanes) is 3. The second-order valence-corrected chi connectivity index (χ2v) is 5.72. The van der Waals surface area contributed by atoms with Gasteiger partial charge in [0.15, 0.2) is 0 Å². The first kappa shape index (κ1) is 20.3. The Morgan fingerprint density at radius 2 is 1.33 bits per heavy atom. The molecule has 0 spiro atoms. The van der Waals surface area contributed by atoms with Crippen LogP contribution in [0.4, 0.5) is 17.8 Å². The molecule has 0 bridgehead atoms. The van der Waals surface area contributed by atoms with Crippen molar-refractivity contribution in [3.63, 3.8) is 0 Å². The topological polar surface area (TPSA) is 158 Å². The normalized spacial score (nSPS) is 10.8. The van der Waals surface area contributed by atoms with Crippen LogP contribution in [0.5, 0.6) is 0 Å². The second kappa shape index (κ2) is 12.7. The van der Waals surface area contributed by atoms with Gasteiger partial charge in [0.05, 0.1) is 0 Å². The lowest BCUT2D eigenvalue weighted by molar-refractivity contribution is 0.640. The maximum Gasteiger partial charge on any atom is 0.231 e. The van der Waals surface area contributed by atoms with Crippen LogP contribution in [-0.2, 0) is 0 Å². The number of hydrogen-bond acceptors (Lipinski definition) is 9. The van der Waals surface area contributed by atoms with Gasteiger partial charge in [0, 0.05) is 19.6 Å². The van der Waals surface area contributed by atoms with Crippen LogP contribution in [0, 0.1) is 0 Å². The van der Waals surface area contributed by atoms with E-state index in [1.54, 1.807) is 0 Å². The third-order valence-electron chi connectivity index (χ3n) is 3.60. The molecule has 1 aromatic rings. The number of anilines is 3. The van der Waals surface area contributed by atoms with Crippen LogP contribution >= 0.6 is 0 Å². The Kier molecular flexibility index (Phi) is 10.7. The molecular formula is C15H33N9. The summed E-state index contributed by atoms with van der Waals surface area (Å²) in [7, 11) is 0. The molecule has 9 N–H and O–H groups in total. The molecule has 24 heavy (non-hydrogen) atoms. The van der Waals surface area contributed by atoms with Crippen LogP contribution in [0.3, 0.4) is 0 Å². The van der Waals surface area contributed by atoms with Crippen LogP contribution < -0.4 is 33.2 Å². The minimum absolute atomic E-state index is 0.226. The first-order valence-electron chi connectivity index (χ1n) is 8.81. The Hall–Kier alpha value is -1.71. The first-order chi connectivity index (χ1) is 11.7. The number of nitrogens with two attached hydrogens (primary N) is 4. The van der Waals surface area contributed by atoms with Gasteiger partial charge >= 0.3 is 0 Å². The fourth-order valence-electron chi connectivity index (χ4n) is 2.28. The highest BCUT2D eigenvalue weighted by Crippen LogP contribution is 2.14. The highest BCUT2D eigenvalue weighted by Gasteiger charge is 2.12. The van der Waals surface area contributed by atoms with Gasteiger partial charge in [-0.3, -0.25) is 0 Å². The van der Waals surface area contributed by atoms with E-state index in [1.807, 2.05) is 0 Å². The molecule has 0 aliphatic heterocycles. The van der Waals surface area contributed by atoms with Crippen LogP contribution in [0.25, 0.3) is 0 Å². The lowest BCUT2D eigenvalue weighted by atomic mass is 10.2. The molecule has 0 saturated carbocycles. The van der Waals surface area contributed by atoms with Crippen molar-refractivity contribution in [2.75, 3.05) is 55.2 Å². The number of aromatic nitrogens is 3. The molecule has 0 aliphatic carbocycles. The van der Waals surface area contributed by atoms with E-state index in [-0.39, 0.29) is 5.95 Å². The zero-order valence-corrected chi connectivity index (χ0v) is 14.6. The molecule has 0 fully saturated rings. The van der Waals surface area contributed by atoms with Gasteiger partial charge in [-0.2, -0.15) is 15.0 Å². The molecule has 0 aliphatic rings. The van der Waals surface area contributed by atoms with E-state index < -0.39 is 0 Å². The molecule has 9 heteroatoms. The van der Waals surface area contributed by atoms with E-state index in [2.05, 4.69) is 25.2 Å². The fourth-order valence-corrected chi connectivity index (χ4v) is 2.28. The molecule has 0 atom stereocenters. The van der Waals surface area contributed by atoms with Crippen molar-refractivity contribution in [1.82, 2.24) is 15.0 Å². The zero-order chi connectivity index (χ0) is 17.6. The standard InChI is InChI=1S/C15H33N9/c16-7-1-4-10-20-14-21-13(19)22-15(23-14)24(11-5-2-8-17)12-6-3-9-18/h1-12,16-18H2,(H3,19,20,21,22,23). The highest BCUT2D eigenvalue weighted by molar-refractivity contribution is 5.41. The molecule has 0 aromatic carbocycles. The van der Waals surface area contributed by atoms with Crippen molar-refractivity contribution in [3.8, 4) is 0 Å². The highest BCUT2D eigenvalue weighted by atomic mass is 15.3. The van der Waals surface area contributed by atoms with Crippen molar-refractivity contribution in [3.05, 3.63) is 0 Å². The van der Waals surface area contributed by atoms with Gasteiger partial charge in [-0.05, 0) is 58.2 Å². The van der Waals surface area contributed by atoms with Gasteiger partial charge in [-0.25, -0.2) is 0 Å². The predicted octanol–water partition coefficient (Wildman–Crippen LogP) is -0.111. The van der Waals surface area contributed by atoms with Crippen molar-refractivity contribution >= 4 is 17.8 Å². The molecular weight excluding hydrogens is 306 g/mol. The number of rotatable bonds is 14. The smallest absolute Gasteiger partial charge is 0.231 e. The lowest BCUT2D eigenvalue weighted by Crippen LogP contribution is -2.29. The number of nitrogens with zero attached hydrogens (tertiary/aromatic N) is 4. The summed E-state index contributed by atoms with van der Waals surface area (Å²) in [6, 6.07) is 0. The summed E-state index contributed by atoms with van der Waals surface area (Å²) < 4.78 is 0. The summed E-state index contributed by atoms with van der Waals surface area (Å²) in [5.74, 6) is 1.35. The van der Waals surface area contributed by atoms with Gasteiger partial charge in [0.1, 0.15) is 0 Å². The summed E-state index contributed by atoms with van der Waals surface area (Å²) >= 11 is 0. The predicted molar refractivity (Wildman–Crippen MR) is 99.8 cm³/mol. The molecule has 1 aromatic heterocycles. The van der Waals surface area contributed by atoms with Gasteiger partial charge in [0.25, 0.3) is 0 Å². The average molecular weight is 339 g/mol. The van der Waals surface area contributed by atoms with Gasteiger partial charge in [0.2, 0.25) is 17.8 Å². The van der Waals surface area contributed by atoms with Crippen molar-refractivity contribution < 1.29 is 0 Å². The minimum Gasteiger partial charge on any atom is -0.368 e. The third kappa shape index (κ3) is 8.23. The van der Waals surface area contributed by atoms with Crippen LogP contribution in [0.15, 0.2) is 0 Å². The molecule has 138 valence electrons. The van der Waals surface area contributed by atoms with Crippen molar-refractivity contribution in [2.24, 2.45) is 17.2 Å². The summed E-state index contributed by atoms with van der Waals surface area (Å²) in [4.78, 5) is 15.1. The number of nitrogen functional groups attached to an aromatic ring is 1. The number of hydrogen-bond donors (Lipinski definition) is 5. The summed E-state index contributed by atoms with van der Waals surface area (Å²) in [5.41, 5.74) is 22.5. The average Bonchev–Trinajstić information content (AvgIpc) is 2.57. The Bertz CT molecular complexity index is 431. The Balaban J connectivity index is 2.72. The minimum atomic E-state index is 0.226. The van der Waals surface area contributed by atoms with E-state index >= 15 is 0 Å². The van der Waals surface area contributed by atoms with Gasteiger partial charge < -0.3 is 33.2 Å². The van der Waals surface area contributed by atoms with Gasteiger partial charge in [-0.1, -0.05) is 0 Å². The summed E-state index contributed by atoms with van der Waals surface area (Å²) in [6.45, 7) is 4.51. The largest absolute Gasteiger partial charge is 0.368 e. The monoisotopic (exact) mass is 339 g/mol. The Morgan fingerprint density at radius 3 is 1.92 bits per heavy atom. The Labute approximate surface area is 144 Å². The van der Waals surface area contributed by atoms with Crippen LogP contribution in [-0.4, -0.2) is 54.2 Å². The molecule has 0 amide bonds. The van der Waals surface area contributed by atoms with Crippen LogP contribution in [0.1, 0.15) is 38.5 Å². The first-order valence-corrected chi connectivity index (χ1v) is 8.81. The van der Waals surface area contributed by atoms with Crippen LogP contribution in [0.2, 0.25) is 0 Å². The quantitative estimate of drug-likeness (QED) is 0.291. The third-order valence-corrected chi connectivity index (χ3v) is 3.60. The molecule has 1 heterocycles.